The van der Waals surface area contributed by atoms with Crippen molar-refractivity contribution >= 4 is 28.5 Å². The summed E-state index contributed by atoms with van der Waals surface area (Å²) in [6.07, 6.45) is 8.08. The Balaban J connectivity index is 2.91. The summed E-state index contributed by atoms with van der Waals surface area (Å²) in [5, 5.41) is 5.18. The normalized spacial score (nSPS) is 10.5. The summed E-state index contributed by atoms with van der Waals surface area (Å²) < 4.78 is 0. The van der Waals surface area contributed by atoms with Gasteiger partial charge in [-0.3, -0.25) is 4.79 Å². The van der Waals surface area contributed by atoms with Gasteiger partial charge in [0.05, 0.1) is 0 Å². The van der Waals surface area contributed by atoms with Gasteiger partial charge in [0, 0.05) is 5.38 Å². The van der Waals surface area contributed by atoms with Crippen LogP contribution in [-0.4, -0.2) is 17.0 Å². The van der Waals surface area contributed by atoms with Gasteiger partial charge in [0.1, 0.15) is 11.8 Å². The Labute approximate surface area is 78.2 Å². The lowest BCUT2D eigenvalue weighted by molar-refractivity contribution is 0.300. The molecular weight excluding hydrogens is 190 g/mol. The maximum atomic E-state index is 10.3. The van der Waals surface area contributed by atoms with E-state index in [4.69, 9.17) is 12.2 Å². The van der Waals surface area contributed by atoms with Crippen LogP contribution in [0.3, 0.4) is 0 Å². The smallest absolute Gasteiger partial charge is 0.259 e. The van der Waals surface area contributed by atoms with Crippen LogP contribution in [0.15, 0.2) is 10.5 Å². The van der Waals surface area contributed by atoms with Crippen molar-refractivity contribution in [2.24, 2.45) is 5.16 Å². The molecule has 1 aromatic rings. The minimum atomic E-state index is -0.106. The van der Waals surface area contributed by atoms with E-state index in [0.29, 0.717) is 10.8 Å². The first-order valence-electron chi connectivity index (χ1n) is 3.07. The molecule has 5 nitrogen and oxygen atoms in total. The van der Waals surface area contributed by atoms with Gasteiger partial charge in [-0.05, 0) is 0 Å². The van der Waals surface area contributed by atoms with Crippen molar-refractivity contribution in [1.29, 1.82) is 0 Å². The molecule has 0 saturated heterocycles. The molecule has 1 rings (SSSR count). The number of nitrogens with zero attached hydrogens (tertiary/aromatic N) is 2. The highest BCUT2D eigenvalue weighted by molar-refractivity contribution is 7.13. The van der Waals surface area contributed by atoms with Gasteiger partial charge in [-0.15, -0.1) is 11.3 Å². The number of anilines is 1. The molecule has 6 heteroatoms. The van der Waals surface area contributed by atoms with Crippen molar-refractivity contribution in [2.45, 2.75) is 0 Å². The zero-order valence-corrected chi connectivity index (χ0v) is 7.17. The number of nitrogens with two attached hydrogens (primary N) is 1. The van der Waals surface area contributed by atoms with E-state index in [1.807, 2.05) is 0 Å². The molecule has 0 atom stereocenters. The summed E-state index contributed by atoms with van der Waals surface area (Å²) in [4.78, 5) is 18.4. The number of hydrogen-bond donors (Lipinski definition) is 1. The van der Waals surface area contributed by atoms with E-state index in [9.17, 15) is 4.79 Å². The summed E-state index contributed by atoms with van der Waals surface area (Å²) in [5.41, 5.74) is 5.53. The first kappa shape index (κ1) is 9.22. The first-order valence-corrected chi connectivity index (χ1v) is 3.95. The van der Waals surface area contributed by atoms with Crippen molar-refractivity contribution in [1.82, 2.24) is 4.98 Å². The topological polar surface area (TPSA) is 77.6 Å². The molecule has 0 bridgehead atoms. The molecule has 0 spiro atoms. The second-order valence-corrected chi connectivity index (χ2v) is 2.71. The molecule has 0 aliphatic rings. The Bertz CT molecular complexity index is 377. The molecule has 0 aliphatic carbocycles. The Morgan fingerprint density at radius 3 is 3.08 bits per heavy atom. The molecule has 13 heavy (non-hydrogen) atoms. The predicted molar refractivity (Wildman–Crippen MR) is 48.7 cm³/mol. The molecule has 0 unspecified atom stereocenters. The lowest BCUT2D eigenvalue weighted by Crippen LogP contribution is -2.03. The number of hydrogen-bond acceptors (Lipinski definition) is 6. The van der Waals surface area contributed by atoms with Crippen LogP contribution in [0.4, 0.5) is 5.13 Å². The molecule has 0 amide bonds. The Morgan fingerprint density at radius 1 is 1.85 bits per heavy atom. The minimum absolute atomic E-state index is 0.106. The molecule has 0 aliphatic heterocycles. The third-order valence-corrected chi connectivity index (χ3v) is 1.72. The molecule has 0 aromatic carbocycles. The van der Waals surface area contributed by atoms with Gasteiger partial charge in [-0.2, -0.15) is 0 Å². The molecule has 2 N–H and O–H groups in total. The van der Waals surface area contributed by atoms with Crippen LogP contribution in [0, 0.1) is 12.5 Å². The average molecular weight is 194 g/mol. The van der Waals surface area contributed by atoms with Crippen molar-refractivity contribution in [3.8, 4) is 12.5 Å². The number of rotatable bonds is 3. The SMILES string of the molecule is C#CON=C([C]=O)c1csc(N)n1. The Morgan fingerprint density at radius 2 is 2.62 bits per heavy atom. The molecule has 1 aromatic heterocycles. The average Bonchev–Trinajstić information content (AvgIpc) is 2.54. The number of oxime groups is 1. The second kappa shape index (κ2) is 4.23. The van der Waals surface area contributed by atoms with Crippen molar-refractivity contribution < 1.29 is 9.63 Å². The van der Waals surface area contributed by atoms with Crippen LogP contribution in [0.25, 0.3) is 0 Å². The van der Waals surface area contributed by atoms with E-state index in [0.717, 1.165) is 0 Å². The summed E-state index contributed by atoms with van der Waals surface area (Å²) in [5.74, 6) is 0. The molecule has 1 radical (unpaired) electrons. The highest BCUT2D eigenvalue weighted by Gasteiger charge is 2.08. The number of carbonyl (C=O) groups excluding carboxylic acids is 1. The quantitative estimate of drug-likeness (QED) is 0.422. The highest BCUT2D eigenvalue weighted by Crippen LogP contribution is 2.11. The summed E-state index contributed by atoms with van der Waals surface area (Å²) in [7, 11) is 0. The van der Waals surface area contributed by atoms with E-state index in [-0.39, 0.29) is 5.71 Å². The van der Waals surface area contributed by atoms with Crippen LogP contribution in [0.1, 0.15) is 5.69 Å². The van der Waals surface area contributed by atoms with E-state index in [1.54, 1.807) is 11.5 Å². The number of thiazole rings is 1. The van der Waals surface area contributed by atoms with Crippen molar-refractivity contribution in [2.75, 3.05) is 5.73 Å². The molecule has 1 heterocycles. The molecule has 0 fully saturated rings. The lowest BCUT2D eigenvalue weighted by Gasteiger charge is -1.88. The predicted octanol–water partition coefficient (Wildman–Crippen LogP) is 0.146. The van der Waals surface area contributed by atoms with Crippen LogP contribution in [-0.2, 0) is 9.63 Å². The van der Waals surface area contributed by atoms with Crippen LogP contribution < -0.4 is 5.73 Å². The van der Waals surface area contributed by atoms with Crippen LogP contribution in [0.2, 0.25) is 0 Å². The monoisotopic (exact) mass is 194 g/mol. The molecular formula is C7H4N3O2S. The van der Waals surface area contributed by atoms with Crippen LogP contribution >= 0.6 is 11.3 Å². The van der Waals surface area contributed by atoms with E-state index < -0.39 is 0 Å². The largest absolute Gasteiger partial charge is 0.375 e. The fourth-order valence-corrected chi connectivity index (χ4v) is 1.13. The minimum Gasteiger partial charge on any atom is -0.375 e. The zero-order chi connectivity index (χ0) is 9.68. The lowest BCUT2D eigenvalue weighted by atomic mass is 10.3. The van der Waals surface area contributed by atoms with E-state index in [2.05, 4.69) is 15.0 Å². The van der Waals surface area contributed by atoms with E-state index >= 15 is 0 Å². The maximum Gasteiger partial charge on any atom is 0.259 e. The van der Waals surface area contributed by atoms with Gasteiger partial charge in [0.15, 0.2) is 10.8 Å². The second-order valence-electron chi connectivity index (χ2n) is 1.82. The Kier molecular flexibility index (Phi) is 3.00. The van der Waals surface area contributed by atoms with Gasteiger partial charge < -0.3 is 10.6 Å². The maximum absolute atomic E-state index is 10.3. The van der Waals surface area contributed by atoms with E-state index in [1.165, 1.54) is 17.6 Å². The summed E-state index contributed by atoms with van der Waals surface area (Å²) >= 11 is 1.18. The summed E-state index contributed by atoms with van der Waals surface area (Å²) in [6, 6.07) is 0. The van der Waals surface area contributed by atoms with Gasteiger partial charge in [-0.25, -0.2) is 4.98 Å². The third-order valence-electron chi connectivity index (χ3n) is 1.05. The first-order chi connectivity index (χ1) is 6.27. The fraction of sp³-hybridized carbons (Fsp3) is 0. The molecule has 0 saturated carbocycles. The molecule has 65 valence electrons. The van der Waals surface area contributed by atoms with Gasteiger partial charge in [-0.1, -0.05) is 11.6 Å². The summed E-state index contributed by atoms with van der Waals surface area (Å²) in [6.45, 7) is 0. The van der Waals surface area contributed by atoms with Gasteiger partial charge in [0.25, 0.3) is 6.29 Å². The highest BCUT2D eigenvalue weighted by atomic mass is 32.1. The van der Waals surface area contributed by atoms with Crippen molar-refractivity contribution in [3.63, 3.8) is 0 Å². The number of nitrogen functional groups attached to an aromatic ring is 1. The number of terminal acetylenes is 1. The standard InChI is InChI=1S/C7H4N3O2S/c1-2-12-10-5(3-11)6-4-13-7(8)9-6/h1,4H,(H2,8,9). The van der Waals surface area contributed by atoms with Crippen LogP contribution in [0.5, 0.6) is 0 Å². The van der Waals surface area contributed by atoms with Gasteiger partial charge in [0.2, 0.25) is 0 Å². The van der Waals surface area contributed by atoms with Gasteiger partial charge >= 0.3 is 0 Å². The fourth-order valence-electron chi connectivity index (χ4n) is 0.586. The third kappa shape index (κ3) is 2.28. The number of aromatic nitrogens is 1. The van der Waals surface area contributed by atoms with Crippen molar-refractivity contribution in [3.05, 3.63) is 11.1 Å². The Hall–Kier alpha value is -1.87. The zero-order valence-electron chi connectivity index (χ0n) is 6.35.